The van der Waals surface area contributed by atoms with Crippen LogP contribution in [0.15, 0.2) is 33.9 Å². The summed E-state index contributed by atoms with van der Waals surface area (Å²) in [6.45, 7) is 5.38. The second kappa shape index (κ2) is 8.39. The van der Waals surface area contributed by atoms with Crippen LogP contribution < -0.4 is 0 Å². The van der Waals surface area contributed by atoms with E-state index in [-0.39, 0.29) is 40.6 Å². The maximum atomic E-state index is 13.0. The summed E-state index contributed by atoms with van der Waals surface area (Å²) in [5, 5.41) is 8.01. The van der Waals surface area contributed by atoms with Crippen molar-refractivity contribution >= 4 is 23.5 Å². The third-order valence-electron chi connectivity index (χ3n) is 3.96. The molecule has 3 aromatic rings. The van der Waals surface area contributed by atoms with E-state index < -0.39 is 5.97 Å². The van der Waals surface area contributed by atoms with Crippen molar-refractivity contribution in [1.29, 1.82) is 0 Å². The number of carbonyl (C=O) groups excluding carboxylic acids is 2. The summed E-state index contributed by atoms with van der Waals surface area (Å²) in [5.41, 5.74) is 2.32. The Labute approximate surface area is 164 Å². The van der Waals surface area contributed by atoms with E-state index in [9.17, 15) is 14.0 Å². The zero-order valence-electron chi connectivity index (χ0n) is 15.5. The molecule has 9 heteroatoms. The predicted octanol–water partition coefficient (Wildman–Crippen LogP) is 3.97. The number of rotatable bonds is 7. The van der Waals surface area contributed by atoms with Crippen molar-refractivity contribution in [2.75, 3.05) is 12.4 Å². The Bertz CT molecular complexity index is 1010. The van der Waals surface area contributed by atoms with Gasteiger partial charge in [0.15, 0.2) is 5.78 Å². The number of nitrogens with one attached hydrogen (secondary N) is 1. The molecule has 3 rings (SSSR count). The summed E-state index contributed by atoms with van der Waals surface area (Å²) < 4.78 is 23.6. The molecule has 2 heterocycles. The molecule has 0 aliphatic carbocycles. The Morgan fingerprint density at radius 2 is 1.82 bits per heavy atom. The van der Waals surface area contributed by atoms with Crippen LogP contribution in [0.5, 0.6) is 0 Å². The lowest BCUT2D eigenvalue weighted by molar-refractivity contribution is 0.0522. The van der Waals surface area contributed by atoms with Crippen molar-refractivity contribution in [2.45, 2.75) is 26.0 Å². The predicted molar refractivity (Wildman–Crippen MR) is 101 cm³/mol. The van der Waals surface area contributed by atoms with Gasteiger partial charge in [0.25, 0.3) is 5.22 Å². The minimum absolute atomic E-state index is 0.00951. The summed E-state index contributed by atoms with van der Waals surface area (Å²) in [5.74, 6) is -0.908. The zero-order chi connectivity index (χ0) is 20.3. The first-order valence-corrected chi connectivity index (χ1v) is 9.51. The number of H-pyrrole nitrogens is 1. The molecule has 0 unspecified atom stereocenters. The van der Waals surface area contributed by atoms with Gasteiger partial charge in [0.05, 0.1) is 23.5 Å². The molecule has 2 aromatic heterocycles. The number of carbonyl (C=O) groups is 2. The Hall–Kier alpha value is -2.94. The van der Waals surface area contributed by atoms with Crippen LogP contribution in [-0.2, 0) is 4.74 Å². The Morgan fingerprint density at radius 3 is 2.50 bits per heavy atom. The molecular formula is C19H18FN3O4S. The third kappa shape index (κ3) is 4.14. The van der Waals surface area contributed by atoms with Crippen molar-refractivity contribution in [3.8, 4) is 11.5 Å². The van der Waals surface area contributed by atoms with E-state index in [0.717, 1.165) is 11.8 Å². The van der Waals surface area contributed by atoms with Gasteiger partial charge in [-0.05, 0) is 45.0 Å². The molecule has 0 saturated heterocycles. The standard InChI is InChI=1S/C19H18FN3O4S/c1-4-26-18(25)16-11(3)21-10(2)15(16)14(24)9-28-19-23-22-17(27-19)12-5-7-13(20)8-6-12/h5-8,21H,4,9H2,1-3H3. The smallest absolute Gasteiger partial charge is 0.340 e. The molecule has 1 aromatic carbocycles. The van der Waals surface area contributed by atoms with Crippen LogP contribution in [-0.4, -0.2) is 39.3 Å². The molecule has 7 nitrogen and oxygen atoms in total. The highest BCUT2D eigenvalue weighted by Crippen LogP contribution is 2.26. The molecule has 0 radical (unpaired) electrons. The lowest BCUT2D eigenvalue weighted by Crippen LogP contribution is -2.13. The zero-order valence-corrected chi connectivity index (χ0v) is 16.4. The molecule has 146 valence electrons. The number of benzene rings is 1. The molecule has 0 aliphatic rings. The maximum Gasteiger partial charge on any atom is 0.340 e. The van der Waals surface area contributed by atoms with Crippen LogP contribution in [0.25, 0.3) is 11.5 Å². The summed E-state index contributed by atoms with van der Waals surface area (Å²) in [6, 6.07) is 5.65. The molecule has 0 saturated carbocycles. The van der Waals surface area contributed by atoms with Crippen molar-refractivity contribution in [2.24, 2.45) is 0 Å². The van der Waals surface area contributed by atoms with E-state index in [0.29, 0.717) is 22.5 Å². The van der Waals surface area contributed by atoms with Gasteiger partial charge in [0.2, 0.25) is 5.89 Å². The maximum absolute atomic E-state index is 13.0. The number of thioether (sulfide) groups is 1. The number of aryl methyl sites for hydroxylation is 2. The fourth-order valence-electron chi connectivity index (χ4n) is 2.76. The Morgan fingerprint density at radius 1 is 1.14 bits per heavy atom. The molecule has 0 atom stereocenters. The second-order valence-electron chi connectivity index (χ2n) is 5.94. The summed E-state index contributed by atoms with van der Waals surface area (Å²) in [6.07, 6.45) is 0. The van der Waals surface area contributed by atoms with Crippen LogP contribution in [0.1, 0.15) is 39.0 Å². The molecule has 0 fully saturated rings. The summed E-state index contributed by atoms with van der Waals surface area (Å²) >= 11 is 1.06. The largest absolute Gasteiger partial charge is 0.462 e. The highest BCUT2D eigenvalue weighted by atomic mass is 32.2. The number of esters is 1. The Balaban J connectivity index is 1.73. The number of aromatic amines is 1. The van der Waals surface area contributed by atoms with Gasteiger partial charge in [-0.2, -0.15) is 0 Å². The second-order valence-corrected chi connectivity index (χ2v) is 6.86. The molecule has 0 aliphatic heterocycles. The normalized spacial score (nSPS) is 10.9. The number of nitrogens with zero attached hydrogens (tertiary/aromatic N) is 2. The van der Waals surface area contributed by atoms with Crippen LogP contribution in [0.2, 0.25) is 0 Å². The van der Waals surface area contributed by atoms with Gasteiger partial charge in [-0.25, -0.2) is 9.18 Å². The first-order chi connectivity index (χ1) is 13.4. The monoisotopic (exact) mass is 403 g/mol. The van der Waals surface area contributed by atoms with E-state index >= 15 is 0 Å². The fourth-order valence-corrected chi connectivity index (χ4v) is 3.40. The minimum atomic E-state index is -0.533. The van der Waals surface area contributed by atoms with Crippen LogP contribution in [0.3, 0.4) is 0 Å². The molecule has 0 bridgehead atoms. The summed E-state index contributed by atoms with van der Waals surface area (Å²) in [7, 11) is 0. The number of halogens is 1. The lowest BCUT2D eigenvalue weighted by atomic mass is 10.1. The van der Waals surface area contributed by atoms with E-state index in [1.807, 2.05) is 0 Å². The molecule has 0 amide bonds. The average molecular weight is 403 g/mol. The minimum Gasteiger partial charge on any atom is -0.462 e. The van der Waals surface area contributed by atoms with Gasteiger partial charge in [-0.3, -0.25) is 4.79 Å². The number of hydrogen-bond acceptors (Lipinski definition) is 7. The first-order valence-electron chi connectivity index (χ1n) is 8.52. The van der Waals surface area contributed by atoms with Crippen LogP contribution in [0.4, 0.5) is 4.39 Å². The number of ketones is 1. The van der Waals surface area contributed by atoms with Gasteiger partial charge in [0.1, 0.15) is 5.82 Å². The van der Waals surface area contributed by atoms with Crippen LogP contribution in [0, 0.1) is 19.7 Å². The topological polar surface area (TPSA) is 98.1 Å². The van der Waals surface area contributed by atoms with Gasteiger partial charge >= 0.3 is 5.97 Å². The van der Waals surface area contributed by atoms with Crippen molar-refractivity contribution in [3.63, 3.8) is 0 Å². The molecule has 1 N–H and O–H groups in total. The molecular weight excluding hydrogens is 385 g/mol. The number of hydrogen-bond donors (Lipinski definition) is 1. The highest BCUT2D eigenvalue weighted by Gasteiger charge is 2.25. The third-order valence-corrected chi connectivity index (χ3v) is 4.78. The van der Waals surface area contributed by atoms with Crippen molar-refractivity contribution < 1.29 is 23.1 Å². The van der Waals surface area contributed by atoms with Gasteiger partial charge in [0, 0.05) is 17.0 Å². The average Bonchev–Trinajstić information content (AvgIpc) is 3.24. The number of ether oxygens (including phenoxy) is 1. The number of Topliss-reactive ketones (excluding diaryl/α,β-unsaturated/α-hetero) is 1. The SMILES string of the molecule is CCOC(=O)c1c(C)[nH]c(C)c1C(=O)CSc1nnc(-c2ccc(F)cc2)o1. The van der Waals surface area contributed by atoms with Gasteiger partial charge in [-0.15, -0.1) is 10.2 Å². The Kier molecular flexibility index (Phi) is 5.93. The van der Waals surface area contributed by atoms with E-state index in [1.165, 1.54) is 24.3 Å². The van der Waals surface area contributed by atoms with E-state index in [2.05, 4.69) is 15.2 Å². The van der Waals surface area contributed by atoms with Gasteiger partial charge < -0.3 is 14.1 Å². The van der Waals surface area contributed by atoms with Gasteiger partial charge in [-0.1, -0.05) is 11.8 Å². The van der Waals surface area contributed by atoms with E-state index in [1.54, 1.807) is 20.8 Å². The molecule has 0 spiro atoms. The lowest BCUT2D eigenvalue weighted by Gasteiger charge is -2.05. The first kappa shape index (κ1) is 19.8. The van der Waals surface area contributed by atoms with Crippen molar-refractivity contribution in [1.82, 2.24) is 15.2 Å². The quantitative estimate of drug-likeness (QED) is 0.362. The molecule has 28 heavy (non-hydrogen) atoms. The van der Waals surface area contributed by atoms with Crippen molar-refractivity contribution in [3.05, 3.63) is 52.6 Å². The highest BCUT2D eigenvalue weighted by molar-refractivity contribution is 7.99. The van der Waals surface area contributed by atoms with Crippen LogP contribution >= 0.6 is 11.8 Å². The number of aromatic nitrogens is 3. The fraction of sp³-hybridized carbons (Fsp3) is 0.263. The van der Waals surface area contributed by atoms with E-state index in [4.69, 9.17) is 9.15 Å². The summed E-state index contributed by atoms with van der Waals surface area (Å²) in [4.78, 5) is 27.9.